The average molecular weight is 292 g/mol. The zero-order chi connectivity index (χ0) is 15.2. The lowest BCUT2D eigenvalue weighted by molar-refractivity contribution is -0.139. The SMILES string of the molecule is COCCOCCCCNC(=O)NC(CCO)C(=O)O. The van der Waals surface area contributed by atoms with Crippen LogP contribution in [0.2, 0.25) is 0 Å². The number of carboxylic acid groups (broad SMARTS) is 1. The van der Waals surface area contributed by atoms with Crippen LogP contribution >= 0.6 is 0 Å². The molecule has 20 heavy (non-hydrogen) atoms. The molecule has 0 saturated heterocycles. The minimum Gasteiger partial charge on any atom is -0.480 e. The van der Waals surface area contributed by atoms with E-state index in [0.29, 0.717) is 26.4 Å². The minimum atomic E-state index is -1.17. The standard InChI is InChI=1S/C12H24N2O6/c1-19-8-9-20-7-3-2-5-13-12(18)14-10(4-6-15)11(16)17/h10,15H,2-9H2,1H3,(H,16,17)(H2,13,14,18). The number of aliphatic hydroxyl groups is 1. The van der Waals surface area contributed by atoms with Crippen LogP contribution in [0.4, 0.5) is 4.79 Å². The molecule has 0 aromatic heterocycles. The van der Waals surface area contributed by atoms with Crippen molar-refractivity contribution in [2.75, 3.05) is 40.1 Å². The summed E-state index contributed by atoms with van der Waals surface area (Å²) in [7, 11) is 1.60. The predicted octanol–water partition coefficient (Wildman–Crippen LogP) is -0.436. The zero-order valence-electron chi connectivity index (χ0n) is 11.8. The van der Waals surface area contributed by atoms with Gasteiger partial charge in [0.1, 0.15) is 6.04 Å². The quantitative estimate of drug-likeness (QED) is 0.362. The molecule has 0 heterocycles. The molecule has 4 N–H and O–H groups in total. The van der Waals surface area contributed by atoms with Crippen LogP contribution in [0, 0.1) is 0 Å². The fourth-order valence-electron chi connectivity index (χ4n) is 1.37. The summed E-state index contributed by atoms with van der Waals surface area (Å²) in [6.07, 6.45) is 1.51. The van der Waals surface area contributed by atoms with Gasteiger partial charge in [-0.15, -0.1) is 0 Å². The molecule has 0 bridgehead atoms. The molecule has 0 spiro atoms. The van der Waals surface area contributed by atoms with Crippen molar-refractivity contribution in [2.45, 2.75) is 25.3 Å². The molecule has 1 unspecified atom stereocenters. The number of urea groups is 1. The van der Waals surface area contributed by atoms with Gasteiger partial charge in [-0.1, -0.05) is 0 Å². The van der Waals surface area contributed by atoms with Crippen LogP contribution in [0.5, 0.6) is 0 Å². The Morgan fingerprint density at radius 2 is 1.95 bits per heavy atom. The molecule has 8 heteroatoms. The molecule has 0 aliphatic rings. The number of rotatable bonds is 12. The number of carbonyl (C=O) groups excluding carboxylic acids is 1. The van der Waals surface area contributed by atoms with Crippen LogP contribution in [0.3, 0.4) is 0 Å². The average Bonchev–Trinajstić information content (AvgIpc) is 2.41. The molecule has 0 rings (SSSR count). The van der Waals surface area contributed by atoms with Gasteiger partial charge in [0.05, 0.1) is 13.2 Å². The smallest absolute Gasteiger partial charge is 0.326 e. The van der Waals surface area contributed by atoms with Crippen molar-refractivity contribution in [2.24, 2.45) is 0 Å². The minimum absolute atomic E-state index is 0.0178. The number of methoxy groups -OCH3 is 1. The first kappa shape index (κ1) is 18.6. The third-order valence-electron chi connectivity index (χ3n) is 2.45. The molecule has 0 aliphatic carbocycles. The lowest BCUT2D eigenvalue weighted by Crippen LogP contribution is -2.46. The van der Waals surface area contributed by atoms with Gasteiger partial charge in [-0.2, -0.15) is 0 Å². The highest BCUT2D eigenvalue weighted by Gasteiger charge is 2.18. The van der Waals surface area contributed by atoms with Crippen LogP contribution in [0.1, 0.15) is 19.3 Å². The molecule has 8 nitrogen and oxygen atoms in total. The lowest BCUT2D eigenvalue weighted by Gasteiger charge is -2.13. The van der Waals surface area contributed by atoms with E-state index in [1.165, 1.54) is 0 Å². The largest absolute Gasteiger partial charge is 0.480 e. The first-order valence-corrected chi connectivity index (χ1v) is 6.56. The van der Waals surface area contributed by atoms with Gasteiger partial charge in [0.15, 0.2) is 0 Å². The maximum atomic E-state index is 11.4. The Morgan fingerprint density at radius 1 is 1.20 bits per heavy atom. The molecule has 0 saturated carbocycles. The first-order chi connectivity index (χ1) is 9.61. The molecule has 0 aromatic rings. The van der Waals surface area contributed by atoms with Crippen LogP contribution in [-0.4, -0.2) is 68.3 Å². The number of aliphatic hydroxyl groups excluding tert-OH is 1. The van der Waals surface area contributed by atoms with Crippen molar-refractivity contribution in [1.29, 1.82) is 0 Å². The number of carbonyl (C=O) groups is 2. The summed E-state index contributed by atoms with van der Waals surface area (Å²) >= 11 is 0. The van der Waals surface area contributed by atoms with E-state index in [1.807, 2.05) is 0 Å². The maximum Gasteiger partial charge on any atom is 0.326 e. The molecular formula is C12H24N2O6. The number of carboxylic acids is 1. The molecule has 2 amide bonds. The van der Waals surface area contributed by atoms with E-state index < -0.39 is 18.0 Å². The van der Waals surface area contributed by atoms with Crippen LogP contribution < -0.4 is 10.6 Å². The first-order valence-electron chi connectivity index (χ1n) is 6.56. The van der Waals surface area contributed by atoms with Gasteiger partial charge in [0.25, 0.3) is 0 Å². The topological polar surface area (TPSA) is 117 Å². The van der Waals surface area contributed by atoms with Gasteiger partial charge < -0.3 is 30.3 Å². The van der Waals surface area contributed by atoms with E-state index in [1.54, 1.807) is 7.11 Å². The van der Waals surface area contributed by atoms with E-state index in [9.17, 15) is 9.59 Å². The van der Waals surface area contributed by atoms with E-state index in [0.717, 1.165) is 12.8 Å². The number of hydrogen-bond acceptors (Lipinski definition) is 5. The Kier molecular flexibility index (Phi) is 11.8. The van der Waals surface area contributed by atoms with Crippen LogP contribution in [0.15, 0.2) is 0 Å². The number of amides is 2. The number of aliphatic carboxylic acids is 1. The summed E-state index contributed by atoms with van der Waals surface area (Å²) in [5.41, 5.74) is 0. The number of unbranched alkanes of at least 4 members (excludes halogenated alkanes) is 1. The van der Waals surface area contributed by atoms with Crippen molar-refractivity contribution < 1.29 is 29.3 Å². The molecule has 0 radical (unpaired) electrons. The van der Waals surface area contributed by atoms with Crippen molar-refractivity contribution >= 4 is 12.0 Å². The Bertz CT molecular complexity index is 275. The highest BCUT2D eigenvalue weighted by Crippen LogP contribution is 1.92. The van der Waals surface area contributed by atoms with Gasteiger partial charge in [-0.3, -0.25) is 0 Å². The second-order valence-corrected chi connectivity index (χ2v) is 4.12. The predicted molar refractivity (Wildman–Crippen MR) is 71.6 cm³/mol. The number of nitrogens with one attached hydrogen (secondary N) is 2. The van der Waals surface area contributed by atoms with Gasteiger partial charge >= 0.3 is 12.0 Å². The summed E-state index contributed by atoms with van der Waals surface area (Å²) in [5, 5.41) is 22.3. The third kappa shape index (κ3) is 10.5. The molecule has 0 aromatic carbocycles. The molecule has 0 aliphatic heterocycles. The summed E-state index contributed by atoms with van der Waals surface area (Å²) in [6, 6.07) is -1.62. The van der Waals surface area contributed by atoms with E-state index in [4.69, 9.17) is 19.7 Å². The Morgan fingerprint density at radius 3 is 2.55 bits per heavy atom. The van der Waals surface area contributed by atoms with Crippen LogP contribution in [0.25, 0.3) is 0 Å². The van der Waals surface area contributed by atoms with Crippen molar-refractivity contribution in [3.05, 3.63) is 0 Å². The van der Waals surface area contributed by atoms with Gasteiger partial charge in [0.2, 0.25) is 0 Å². The highest BCUT2D eigenvalue weighted by atomic mass is 16.5. The van der Waals surface area contributed by atoms with E-state index in [-0.39, 0.29) is 13.0 Å². The van der Waals surface area contributed by atoms with Crippen molar-refractivity contribution in [3.8, 4) is 0 Å². The Balaban J connectivity index is 3.55. The normalized spacial score (nSPS) is 11.9. The Labute approximate surface area is 118 Å². The molecule has 1 atom stereocenters. The molecule has 118 valence electrons. The van der Waals surface area contributed by atoms with Gasteiger partial charge in [0, 0.05) is 33.3 Å². The van der Waals surface area contributed by atoms with Crippen molar-refractivity contribution in [1.82, 2.24) is 10.6 Å². The fraction of sp³-hybridized carbons (Fsp3) is 0.833. The summed E-state index contributed by atoms with van der Waals surface area (Å²) in [5.74, 6) is -1.17. The van der Waals surface area contributed by atoms with Crippen LogP contribution in [-0.2, 0) is 14.3 Å². The molecular weight excluding hydrogens is 268 g/mol. The monoisotopic (exact) mass is 292 g/mol. The number of ether oxygens (including phenoxy) is 2. The van der Waals surface area contributed by atoms with Gasteiger partial charge in [-0.25, -0.2) is 9.59 Å². The number of hydrogen-bond donors (Lipinski definition) is 4. The second kappa shape index (κ2) is 12.6. The maximum absolute atomic E-state index is 11.4. The van der Waals surface area contributed by atoms with Crippen molar-refractivity contribution in [3.63, 3.8) is 0 Å². The zero-order valence-corrected chi connectivity index (χ0v) is 11.8. The fourth-order valence-corrected chi connectivity index (χ4v) is 1.37. The summed E-state index contributed by atoms with van der Waals surface area (Å²) in [4.78, 5) is 22.1. The second-order valence-electron chi connectivity index (χ2n) is 4.12. The lowest BCUT2D eigenvalue weighted by atomic mass is 10.2. The van der Waals surface area contributed by atoms with Gasteiger partial charge in [-0.05, 0) is 12.8 Å². The third-order valence-corrected chi connectivity index (χ3v) is 2.45. The summed E-state index contributed by atoms with van der Waals surface area (Å²) in [6.45, 7) is 1.84. The highest BCUT2D eigenvalue weighted by molar-refractivity contribution is 5.82. The summed E-state index contributed by atoms with van der Waals surface area (Å²) < 4.78 is 10.1. The molecule has 0 fully saturated rings. The van der Waals surface area contributed by atoms with E-state index >= 15 is 0 Å². The van der Waals surface area contributed by atoms with E-state index in [2.05, 4.69) is 10.6 Å². The Hall–Kier alpha value is -1.38.